The summed E-state index contributed by atoms with van der Waals surface area (Å²) in [6.45, 7) is 1.71. The van der Waals surface area contributed by atoms with Gasteiger partial charge in [0, 0.05) is 18.8 Å². The molecule has 1 fully saturated rings. The van der Waals surface area contributed by atoms with Gasteiger partial charge in [0.05, 0.1) is 16.1 Å². The smallest absolute Gasteiger partial charge is 0.0747 e. The quantitative estimate of drug-likeness (QED) is 0.887. The van der Waals surface area contributed by atoms with E-state index in [2.05, 4.69) is 5.32 Å². The number of rotatable bonds is 3. The zero-order chi connectivity index (χ0) is 11.4. The van der Waals surface area contributed by atoms with Crippen LogP contribution < -0.4 is 5.32 Å². The molecule has 1 aromatic carbocycles. The van der Waals surface area contributed by atoms with Crippen molar-refractivity contribution in [3.8, 4) is 0 Å². The van der Waals surface area contributed by atoms with Gasteiger partial charge >= 0.3 is 0 Å². The van der Waals surface area contributed by atoms with Crippen LogP contribution in [0.2, 0.25) is 10.0 Å². The molecule has 4 heteroatoms. The van der Waals surface area contributed by atoms with E-state index in [1.165, 1.54) is 12.8 Å². The molecule has 1 aromatic rings. The van der Waals surface area contributed by atoms with Gasteiger partial charge in [0.25, 0.3) is 0 Å². The summed E-state index contributed by atoms with van der Waals surface area (Å²) >= 11 is 11.8. The van der Waals surface area contributed by atoms with Crippen LogP contribution in [0.15, 0.2) is 18.2 Å². The molecule has 0 amide bonds. The first-order valence-electron chi connectivity index (χ1n) is 5.56. The first kappa shape index (κ1) is 12.0. The fourth-order valence-corrected chi connectivity index (χ4v) is 2.10. The SMILES string of the molecule is Clc1ccc(NCC2CCCCO2)cc1Cl. The summed E-state index contributed by atoms with van der Waals surface area (Å²) in [4.78, 5) is 0. The Morgan fingerprint density at radius 2 is 2.12 bits per heavy atom. The highest BCUT2D eigenvalue weighted by atomic mass is 35.5. The van der Waals surface area contributed by atoms with E-state index in [4.69, 9.17) is 27.9 Å². The first-order chi connectivity index (χ1) is 7.75. The van der Waals surface area contributed by atoms with E-state index >= 15 is 0 Å². The number of hydrogen-bond donors (Lipinski definition) is 1. The van der Waals surface area contributed by atoms with E-state index in [1.807, 2.05) is 12.1 Å². The lowest BCUT2D eigenvalue weighted by atomic mass is 10.1. The Kier molecular flexibility index (Phi) is 4.33. The molecule has 2 nitrogen and oxygen atoms in total. The average Bonchev–Trinajstić information content (AvgIpc) is 2.32. The zero-order valence-corrected chi connectivity index (χ0v) is 10.5. The average molecular weight is 260 g/mol. The fourth-order valence-electron chi connectivity index (χ4n) is 1.81. The van der Waals surface area contributed by atoms with Crippen LogP contribution in [0.25, 0.3) is 0 Å². The molecule has 2 rings (SSSR count). The highest BCUT2D eigenvalue weighted by Gasteiger charge is 2.13. The summed E-state index contributed by atoms with van der Waals surface area (Å²) in [6.07, 6.45) is 3.90. The minimum absolute atomic E-state index is 0.322. The third-order valence-corrected chi connectivity index (χ3v) is 3.47. The van der Waals surface area contributed by atoms with Crippen LogP contribution in [0.1, 0.15) is 19.3 Å². The maximum absolute atomic E-state index is 5.93. The molecular formula is C12H15Cl2NO. The van der Waals surface area contributed by atoms with Crippen LogP contribution in [0.5, 0.6) is 0 Å². The molecule has 0 aromatic heterocycles. The Morgan fingerprint density at radius 3 is 2.81 bits per heavy atom. The molecule has 1 aliphatic rings. The van der Waals surface area contributed by atoms with Crippen LogP contribution in [0, 0.1) is 0 Å². The highest BCUT2D eigenvalue weighted by molar-refractivity contribution is 6.42. The topological polar surface area (TPSA) is 21.3 Å². The number of anilines is 1. The second kappa shape index (κ2) is 5.76. The van der Waals surface area contributed by atoms with Gasteiger partial charge in [-0.2, -0.15) is 0 Å². The van der Waals surface area contributed by atoms with Crippen molar-refractivity contribution in [1.82, 2.24) is 0 Å². The first-order valence-corrected chi connectivity index (χ1v) is 6.32. The standard InChI is InChI=1S/C12H15Cl2NO/c13-11-5-4-9(7-12(11)14)15-8-10-3-1-2-6-16-10/h4-5,7,10,15H,1-3,6,8H2. The third-order valence-electron chi connectivity index (χ3n) is 2.73. The molecule has 1 aliphatic heterocycles. The van der Waals surface area contributed by atoms with Crippen LogP contribution in [-0.4, -0.2) is 19.3 Å². The van der Waals surface area contributed by atoms with Gasteiger partial charge in [-0.3, -0.25) is 0 Å². The molecule has 0 bridgehead atoms. The molecule has 0 aliphatic carbocycles. The zero-order valence-electron chi connectivity index (χ0n) is 9.01. The third kappa shape index (κ3) is 3.27. The molecule has 1 unspecified atom stereocenters. The van der Waals surface area contributed by atoms with Crippen molar-refractivity contribution in [2.24, 2.45) is 0 Å². The molecule has 1 atom stereocenters. The van der Waals surface area contributed by atoms with E-state index in [-0.39, 0.29) is 0 Å². The number of nitrogens with one attached hydrogen (secondary N) is 1. The molecule has 1 N–H and O–H groups in total. The largest absolute Gasteiger partial charge is 0.382 e. The predicted molar refractivity (Wildman–Crippen MR) is 68.5 cm³/mol. The summed E-state index contributed by atoms with van der Waals surface area (Å²) in [6, 6.07) is 5.57. The molecule has 0 saturated carbocycles. The Labute approximate surface area is 106 Å². The van der Waals surface area contributed by atoms with E-state index in [0.717, 1.165) is 25.3 Å². The molecule has 16 heavy (non-hydrogen) atoms. The molecule has 1 heterocycles. The number of halogens is 2. The maximum atomic E-state index is 5.93. The highest BCUT2D eigenvalue weighted by Crippen LogP contribution is 2.25. The second-order valence-corrected chi connectivity index (χ2v) is 4.81. The minimum atomic E-state index is 0.322. The Bertz CT molecular complexity index is 351. The summed E-state index contributed by atoms with van der Waals surface area (Å²) < 4.78 is 5.63. The molecular weight excluding hydrogens is 245 g/mol. The van der Waals surface area contributed by atoms with Crippen molar-refractivity contribution in [3.63, 3.8) is 0 Å². The lowest BCUT2D eigenvalue weighted by molar-refractivity contribution is 0.0247. The summed E-state index contributed by atoms with van der Waals surface area (Å²) in [5.41, 5.74) is 0.989. The van der Waals surface area contributed by atoms with Crippen molar-refractivity contribution in [3.05, 3.63) is 28.2 Å². The van der Waals surface area contributed by atoms with Crippen molar-refractivity contribution in [1.29, 1.82) is 0 Å². The lowest BCUT2D eigenvalue weighted by Gasteiger charge is -2.23. The normalized spacial score (nSPS) is 20.8. The molecule has 0 radical (unpaired) electrons. The minimum Gasteiger partial charge on any atom is -0.382 e. The van der Waals surface area contributed by atoms with Gasteiger partial charge in [-0.25, -0.2) is 0 Å². The van der Waals surface area contributed by atoms with Crippen molar-refractivity contribution < 1.29 is 4.74 Å². The fraction of sp³-hybridized carbons (Fsp3) is 0.500. The maximum Gasteiger partial charge on any atom is 0.0747 e. The summed E-state index contributed by atoms with van der Waals surface area (Å²) in [5, 5.41) is 4.48. The Balaban J connectivity index is 1.86. The van der Waals surface area contributed by atoms with Crippen LogP contribution in [0.4, 0.5) is 5.69 Å². The molecule has 0 spiro atoms. The van der Waals surface area contributed by atoms with E-state index in [0.29, 0.717) is 16.1 Å². The van der Waals surface area contributed by atoms with Crippen molar-refractivity contribution >= 4 is 28.9 Å². The van der Waals surface area contributed by atoms with Gasteiger partial charge < -0.3 is 10.1 Å². The summed E-state index contributed by atoms with van der Waals surface area (Å²) in [5.74, 6) is 0. The van der Waals surface area contributed by atoms with Gasteiger partial charge in [-0.15, -0.1) is 0 Å². The lowest BCUT2D eigenvalue weighted by Crippen LogP contribution is -2.26. The molecule has 88 valence electrons. The van der Waals surface area contributed by atoms with E-state index in [1.54, 1.807) is 6.07 Å². The van der Waals surface area contributed by atoms with Gasteiger partial charge in [0.1, 0.15) is 0 Å². The van der Waals surface area contributed by atoms with Crippen LogP contribution in [0.3, 0.4) is 0 Å². The number of ether oxygens (including phenoxy) is 1. The van der Waals surface area contributed by atoms with Crippen LogP contribution in [-0.2, 0) is 4.74 Å². The Morgan fingerprint density at radius 1 is 1.25 bits per heavy atom. The summed E-state index contributed by atoms with van der Waals surface area (Å²) in [7, 11) is 0. The Hall–Kier alpha value is -0.440. The van der Waals surface area contributed by atoms with Gasteiger partial charge in [-0.05, 0) is 37.5 Å². The van der Waals surface area contributed by atoms with Crippen molar-refractivity contribution in [2.75, 3.05) is 18.5 Å². The van der Waals surface area contributed by atoms with Crippen LogP contribution >= 0.6 is 23.2 Å². The molecule has 1 saturated heterocycles. The van der Waals surface area contributed by atoms with Crippen molar-refractivity contribution in [2.45, 2.75) is 25.4 Å². The predicted octanol–water partition coefficient (Wildman–Crippen LogP) is 3.97. The van der Waals surface area contributed by atoms with Gasteiger partial charge in [0.2, 0.25) is 0 Å². The van der Waals surface area contributed by atoms with Gasteiger partial charge in [-0.1, -0.05) is 23.2 Å². The number of hydrogen-bond acceptors (Lipinski definition) is 2. The second-order valence-electron chi connectivity index (χ2n) is 4.00. The number of benzene rings is 1. The monoisotopic (exact) mass is 259 g/mol. The van der Waals surface area contributed by atoms with E-state index < -0.39 is 0 Å². The van der Waals surface area contributed by atoms with E-state index in [9.17, 15) is 0 Å². The van der Waals surface area contributed by atoms with Gasteiger partial charge in [0.15, 0.2) is 0 Å².